The van der Waals surface area contributed by atoms with Crippen molar-refractivity contribution in [3.05, 3.63) is 70.3 Å². The second kappa shape index (κ2) is 5.49. The largest absolute Gasteiger partial charge is 0.476 e. The van der Waals surface area contributed by atoms with Gasteiger partial charge in [0.25, 0.3) is 0 Å². The van der Waals surface area contributed by atoms with Crippen LogP contribution >= 0.6 is 0 Å². The first-order chi connectivity index (χ1) is 11.7. The molecule has 0 bridgehead atoms. The van der Waals surface area contributed by atoms with Gasteiger partial charge in [0, 0.05) is 12.4 Å². The first-order valence-electron chi connectivity index (χ1n) is 7.41. The molecule has 6 heteroatoms. The van der Waals surface area contributed by atoms with Crippen LogP contribution in [0.5, 0.6) is 5.75 Å². The molecule has 0 aliphatic carbocycles. The molecule has 0 fully saturated rings. The standard InChI is InChI=1S/C18H13NO5/c1-22-18(21)16-13(10-5-4-8-19-9-10)14-15(24-16)11-6-2-3-7-12(11)23-17(14)20/h2-9,13,16H,1H3. The summed E-state index contributed by atoms with van der Waals surface area (Å²) < 4.78 is 16.1. The van der Waals surface area contributed by atoms with Crippen molar-refractivity contribution in [3.63, 3.8) is 0 Å². The Balaban J connectivity index is 2.00. The van der Waals surface area contributed by atoms with Crippen molar-refractivity contribution in [2.45, 2.75) is 12.0 Å². The third-order valence-corrected chi connectivity index (χ3v) is 4.13. The Morgan fingerprint density at radius 1 is 1.21 bits per heavy atom. The monoisotopic (exact) mass is 323 g/mol. The van der Waals surface area contributed by atoms with Crippen LogP contribution in [0.15, 0.2) is 58.0 Å². The molecule has 0 saturated carbocycles. The topological polar surface area (TPSA) is 78.6 Å². The van der Waals surface area contributed by atoms with E-state index in [4.69, 9.17) is 13.9 Å². The maximum atomic E-state index is 12.5. The van der Waals surface area contributed by atoms with E-state index in [2.05, 4.69) is 4.98 Å². The summed E-state index contributed by atoms with van der Waals surface area (Å²) in [6, 6.07) is 10.6. The molecule has 6 nitrogen and oxygen atoms in total. The van der Waals surface area contributed by atoms with E-state index >= 15 is 0 Å². The lowest BCUT2D eigenvalue weighted by Gasteiger charge is -2.16. The fourth-order valence-electron chi connectivity index (χ4n) is 3.08. The van der Waals surface area contributed by atoms with Crippen molar-refractivity contribution >= 4 is 16.9 Å². The number of ether oxygens (including phenoxy) is 2. The van der Waals surface area contributed by atoms with Gasteiger partial charge in [-0.05, 0) is 23.8 Å². The summed E-state index contributed by atoms with van der Waals surface area (Å²) in [5.41, 5.74) is 0.895. The molecule has 3 heterocycles. The number of pyridine rings is 1. The van der Waals surface area contributed by atoms with Crippen molar-refractivity contribution < 1.29 is 18.7 Å². The molecule has 120 valence electrons. The summed E-state index contributed by atoms with van der Waals surface area (Å²) in [5.74, 6) is -0.809. The average Bonchev–Trinajstić information content (AvgIpc) is 3.03. The highest BCUT2D eigenvalue weighted by Gasteiger charge is 2.44. The van der Waals surface area contributed by atoms with Crippen LogP contribution in [0.3, 0.4) is 0 Å². The van der Waals surface area contributed by atoms with Crippen LogP contribution in [0, 0.1) is 0 Å². The molecule has 0 radical (unpaired) electrons. The quantitative estimate of drug-likeness (QED) is 0.532. The van der Waals surface area contributed by atoms with E-state index in [0.29, 0.717) is 27.8 Å². The van der Waals surface area contributed by atoms with Gasteiger partial charge in [0.2, 0.25) is 6.10 Å². The number of hydrogen-bond acceptors (Lipinski definition) is 6. The van der Waals surface area contributed by atoms with Gasteiger partial charge in [-0.1, -0.05) is 18.2 Å². The lowest BCUT2D eigenvalue weighted by molar-refractivity contribution is -0.148. The van der Waals surface area contributed by atoms with Gasteiger partial charge < -0.3 is 13.9 Å². The first kappa shape index (κ1) is 14.4. The molecule has 2 unspecified atom stereocenters. The molecule has 1 aliphatic rings. The van der Waals surface area contributed by atoms with Crippen molar-refractivity contribution in [1.29, 1.82) is 0 Å². The highest BCUT2D eigenvalue weighted by Crippen LogP contribution is 2.44. The number of hydrogen-bond donors (Lipinski definition) is 0. The Kier molecular flexibility index (Phi) is 3.30. The predicted molar refractivity (Wildman–Crippen MR) is 85.0 cm³/mol. The van der Waals surface area contributed by atoms with E-state index in [1.165, 1.54) is 7.11 Å². The van der Waals surface area contributed by atoms with Crippen molar-refractivity contribution in [2.24, 2.45) is 0 Å². The van der Waals surface area contributed by atoms with Crippen molar-refractivity contribution in [2.75, 3.05) is 7.11 Å². The zero-order chi connectivity index (χ0) is 16.7. The molecule has 4 rings (SSSR count). The van der Waals surface area contributed by atoms with Gasteiger partial charge in [-0.3, -0.25) is 4.98 Å². The van der Waals surface area contributed by atoms with Gasteiger partial charge in [0.1, 0.15) is 11.3 Å². The van der Waals surface area contributed by atoms with Crippen molar-refractivity contribution in [1.82, 2.24) is 4.98 Å². The zero-order valence-electron chi connectivity index (χ0n) is 12.8. The molecular weight excluding hydrogens is 310 g/mol. The molecule has 0 spiro atoms. The number of methoxy groups -OCH3 is 1. The molecule has 2 atom stereocenters. The van der Waals surface area contributed by atoms with Crippen molar-refractivity contribution in [3.8, 4) is 5.75 Å². The Bertz CT molecular complexity index is 980. The fraction of sp³-hybridized carbons (Fsp3) is 0.167. The number of benzene rings is 1. The highest BCUT2D eigenvalue weighted by atomic mass is 16.6. The second-order valence-electron chi connectivity index (χ2n) is 5.45. The van der Waals surface area contributed by atoms with Crippen LogP contribution in [-0.2, 0) is 9.53 Å². The number of esters is 1. The van der Waals surface area contributed by atoms with Crippen LogP contribution in [0.4, 0.5) is 0 Å². The molecule has 2 aromatic heterocycles. The smallest absolute Gasteiger partial charge is 0.348 e. The number of carbonyl (C=O) groups excluding carboxylic acids is 1. The van der Waals surface area contributed by atoms with Gasteiger partial charge in [0.15, 0.2) is 0 Å². The summed E-state index contributed by atoms with van der Waals surface area (Å²) in [6.45, 7) is 0. The molecule has 1 aromatic carbocycles. The van der Waals surface area contributed by atoms with E-state index in [0.717, 1.165) is 0 Å². The van der Waals surface area contributed by atoms with E-state index in [-0.39, 0.29) is 0 Å². The number of fused-ring (bicyclic) bond motifs is 3. The molecule has 0 N–H and O–H groups in total. The second-order valence-corrected chi connectivity index (χ2v) is 5.45. The number of nitrogens with zero attached hydrogens (tertiary/aromatic N) is 1. The van der Waals surface area contributed by atoms with Gasteiger partial charge in [0.05, 0.1) is 24.0 Å². The van der Waals surface area contributed by atoms with Gasteiger partial charge in [-0.25, -0.2) is 9.59 Å². The number of para-hydroxylation sites is 1. The van der Waals surface area contributed by atoms with E-state index in [1.54, 1.807) is 42.7 Å². The maximum Gasteiger partial charge on any atom is 0.348 e. The highest BCUT2D eigenvalue weighted by molar-refractivity contribution is 5.88. The maximum absolute atomic E-state index is 12.5. The summed E-state index contributed by atoms with van der Waals surface area (Å²) in [7, 11) is 1.29. The third kappa shape index (κ3) is 2.07. The van der Waals surface area contributed by atoms with Crippen LogP contribution in [0.25, 0.3) is 11.0 Å². The first-order valence-corrected chi connectivity index (χ1v) is 7.41. The van der Waals surface area contributed by atoms with Crippen LogP contribution < -0.4 is 10.4 Å². The average molecular weight is 323 g/mol. The van der Waals surface area contributed by atoms with Crippen LogP contribution in [-0.4, -0.2) is 24.2 Å². The van der Waals surface area contributed by atoms with Crippen LogP contribution in [0.2, 0.25) is 0 Å². The normalized spacial score (nSPS) is 18.9. The number of aromatic nitrogens is 1. The minimum Gasteiger partial charge on any atom is -0.476 e. The van der Waals surface area contributed by atoms with E-state index in [1.807, 2.05) is 6.07 Å². The molecule has 3 aromatic rings. The summed E-state index contributed by atoms with van der Waals surface area (Å²) in [6.07, 6.45) is 2.27. The Hall–Kier alpha value is -3.15. The lowest BCUT2D eigenvalue weighted by atomic mass is 9.89. The third-order valence-electron chi connectivity index (χ3n) is 4.13. The molecule has 0 saturated heterocycles. The summed E-state index contributed by atoms with van der Waals surface area (Å²) >= 11 is 0. The van der Waals surface area contributed by atoms with E-state index in [9.17, 15) is 9.59 Å². The Morgan fingerprint density at radius 2 is 2.04 bits per heavy atom. The summed E-state index contributed by atoms with van der Waals surface area (Å²) in [4.78, 5) is 28.8. The minimum absolute atomic E-state index is 0.317. The number of carbonyl (C=O) groups is 1. The van der Waals surface area contributed by atoms with E-state index < -0.39 is 23.6 Å². The lowest BCUT2D eigenvalue weighted by Crippen LogP contribution is -2.31. The molecule has 24 heavy (non-hydrogen) atoms. The zero-order valence-corrected chi connectivity index (χ0v) is 12.8. The Labute approximate surface area is 136 Å². The molecular formula is C18H13NO5. The van der Waals surface area contributed by atoms with Gasteiger partial charge >= 0.3 is 11.6 Å². The van der Waals surface area contributed by atoms with Gasteiger partial charge in [-0.2, -0.15) is 0 Å². The summed E-state index contributed by atoms with van der Waals surface area (Å²) in [5, 5.41) is 0.646. The Morgan fingerprint density at radius 3 is 2.79 bits per heavy atom. The SMILES string of the molecule is COC(=O)C1Oc2c(c(=O)oc3ccccc23)C1c1cccnc1. The minimum atomic E-state index is -0.956. The molecule has 0 amide bonds. The predicted octanol–water partition coefficient (Wildman–Crippen LogP) is 2.25. The van der Waals surface area contributed by atoms with Crippen LogP contribution in [0.1, 0.15) is 17.0 Å². The van der Waals surface area contributed by atoms with Gasteiger partial charge in [-0.15, -0.1) is 0 Å². The fourth-order valence-corrected chi connectivity index (χ4v) is 3.08. The number of rotatable bonds is 2. The molecule has 1 aliphatic heterocycles.